The maximum atomic E-state index is 12.9. The van der Waals surface area contributed by atoms with Crippen LogP contribution in [0.5, 0.6) is 5.75 Å². The molecule has 4 rings (SSSR count). The highest BCUT2D eigenvalue weighted by atomic mass is 16.5. The monoisotopic (exact) mass is 494 g/mol. The number of Topliss-reactive ketones (excluding diaryl/α,β-unsaturated/α-hetero) is 1. The molecular weight excluding hydrogens is 460 g/mol. The van der Waals surface area contributed by atoms with E-state index < -0.39 is 11.7 Å². The lowest BCUT2D eigenvalue weighted by atomic mass is 9.83. The summed E-state index contributed by atoms with van der Waals surface area (Å²) < 4.78 is 7.14. The number of hydrogen-bond acceptors (Lipinski definition) is 7. The highest BCUT2D eigenvalue weighted by molar-refractivity contribution is 5.97. The van der Waals surface area contributed by atoms with Gasteiger partial charge in [-0.3, -0.25) is 14.3 Å². The van der Waals surface area contributed by atoms with Crippen LogP contribution >= 0.6 is 0 Å². The third-order valence-corrected chi connectivity index (χ3v) is 6.93. The first-order chi connectivity index (χ1) is 17.0. The molecule has 3 aromatic rings. The van der Waals surface area contributed by atoms with Crippen LogP contribution in [0.2, 0.25) is 0 Å². The molecule has 1 fully saturated rings. The number of methoxy groups -OCH3 is 1. The molecule has 1 aromatic carbocycles. The van der Waals surface area contributed by atoms with E-state index in [0.29, 0.717) is 35.6 Å². The topological polar surface area (TPSA) is 118 Å². The van der Waals surface area contributed by atoms with Crippen molar-refractivity contribution in [1.29, 1.82) is 0 Å². The molecule has 9 heteroatoms. The van der Waals surface area contributed by atoms with Crippen molar-refractivity contribution < 1.29 is 24.5 Å². The number of aromatic nitrogens is 3. The number of nitrogens with zero attached hydrogens (tertiary/aromatic N) is 4. The van der Waals surface area contributed by atoms with Crippen molar-refractivity contribution in [3.63, 3.8) is 0 Å². The molecule has 2 N–H and O–H groups in total. The minimum atomic E-state index is -0.759. The molecule has 0 spiro atoms. The summed E-state index contributed by atoms with van der Waals surface area (Å²) in [6.07, 6.45) is 2.68. The van der Waals surface area contributed by atoms with Crippen molar-refractivity contribution in [2.45, 2.75) is 58.3 Å². The van der Waals surface area contributed by atoms with E-state index in [2.05, 4.69) is 10.1 Å². The number of pyridine rings is 1. The van der Waals surface area contributed by atoms with Crippen molar-refractivity contribution in [3.8, 4) is 5.75 Å². The van der Waals surface area contributed by atoms with Gasteiger partial charge in [0.05, 0.1) is 30.0 Å². The Morgan fingerprint density at radius 1 is 1.22 bits per heavy atom. The summed E-state index contributed by atoms with van der Waals surface area (Å²) in [6.45, 7) is 6.62. The van der Waals surface area contributed by atoms with Crippen LogP contribution in [0.3, 0.4) is 0 Å². The first-order valence-corrected chi connectivity index (χ1v) is 12.3. The minimum absolute atomic E-state index is 0.0107. The number of piperidine rings is 1. The number of aliphatic hydroxyl groups excluding tert-OH is 1. The molecule has 0 saturated carbocycles. The molecular formula is C27H34N4O5. The average molecular weight is 495 g/mol. The van der Waals surface area contributed by atoms with Crippen LogP contribution in [0.25, 0.3) is 10.9 Å². The van der Waals surface area contributed by atoms with E-state index >= 15 is 0 Å². The van der Waals surface area contributed by atoms with E-state index in [9.17, 15) is 19.8 Å². The predicted molar refractivity (Wildman–Crippen MR) is 135 cm³/mol. The Bertz CT molecular complexity index is 1250. The molecule has 0 bridgehead atoms. The Kier molecular flexibility index (Phi) is 7.42. The lowest BCUT2D eigenvalue weighted by Gasteiger charge is -2.37. The van der Waals surface area contributed by atoms with E-state index in [4.69, 9.17) is 4.74 Å². The Hall–Kier alpha value is -3.30. The van der Waals surface area contributed by atoms with Crippen LogP contribution in [-0.4, -0.2) is 67.4 Å². The van der Waals surface area contributed by atoms with Crippen LogP contribution in [0, 0.1) is 5.92 Å². The summed E-state index contributed by atoms with van der Waals surface area (Å²) in [5, 5.41) is 25.4. The van der Waals surface area contributed by atoms with Gasteiger partial charge in [0.15, 0.2) is 5.78 Å². The summed E-state index contributed by atoms with van der Waals surface area (Å²) >= 11 is 0. The van der Waals surface area contributed by atoms with Gasteiger partial charge >= 0.3 is 0 Å². The highest BCUT2D eigenvalue weighted by Crippen LogP contribution is 2.29. The number of benzene rings is 1. The standard InChI is InChI=1S/C27H34N4O5/c1-17(32)21-6-5-7-22(28-21)24(33)13-18-12-19-15-31(29-23(19)14-25(18)36-4)16-26(34)30-10-8-20(9-11-30)27(2,3)35/h5-7,12,14-15,17,20,32,35H,8-11,13,16H2,1-4H3. The molecule has 0 aliphatic carbocycles. The molecule has 1 saturated heterocycles. The van der Waals surface area contributed by atoms with Crippen LogP contribution in [0.15, 0.2) is 36.5 Å². The number of carbonyl (C=O) groups is 2. The molecule has 1 aliphatic heterocycles. The molecule has 1 unspecified atom stereocenters. The number of rotatable bonds is 8. The summed E-state index contributed by atoms with van der Waals surface area (Å²) in [6, 6.07) is 8.64. The zero-order valence-corrected chi connectivity index (χ0v) is 21.3. The normalized spacial score (nSPS) is 15.8. The second-order valence-corrected chi connectivity index (χ2v) is 10.1. The molecule has 192 valence electrons. The Morgan fingerprint density at radius 3 is 2.58 bits per heavy atom. The zero-order chi connectivity index (χ0) is 26.0. The van der Waals surface area contributed by atoms with E-state index in [-0.39, 0.29) is 36.3 Å². The smallest absolute Gasteiger partial charge is 0.244 e. The number of amides is 1. The van der Waals surface area contributed by atoms with Crippen molar-refractivity contribution in [2.75, 3.05) is 20.2 Å². The molecule has 2 aromatic heterocycles. The molecule has 1 aliphatic rings. The zero-order valence-electron chi connectivity index (χ0n) is 21.3. The van der Waals surface area contributed by atoms with Crippen molar-refractivity contribution >= 4 is 22.6 Å². The second-order valence-electron chi connectivity index (χ2n) is 10.1. The number of aliphatic hydroxyl groups is 2. The van der Waals surface area contributed by atoms with E-state index in [1.165, 1.54) is 0 Å². The van der Waals surface area contributed by atoms with Crippen LogP contribution < -0.4 is 4.74 Å². The van der Waals surface area contributed by atoms with Crippen LogP contribution in [0.4, 0.5) is 0 Å². The summed E-state index contributed by atoms with van der Waals surface area (Å²) in [7, 11) is 1.54. The number of ether oxygens (including phenoxy) is 1. The van der Waals surface area contributed by atoms with Crippen LogP contribution in [-0.2, 0) is 17.8 Å². The highest BCUT2D eigenvalue weighted by Gasteiger charge is 2.32. The number of hydrogen-bond donors (Lipinski definition) is 2. The average Bonchev–Trinajstić information content (AvgIpc) is 3.23. The molecule has 36 heavy (non-hydrogen) atoms. The first kappa shape index (κ1) is 25.8. The Labute approximate surface area is 210 Å². The van der Waals surface area contributed by atoms with Gasteiger partial charge in [-0.1, -0.05) is 6.07 Å². The number of carbonyl (C=O) groups excluding carboxylic acids is 2. The SMILES string of the molecule is COc1cc2nn(CC(=O)N3CCC(C(C)(C)O)CC3)cc2cc1CC(=O)c1cccc(C(C)O)n1. The fourth-order valence-electron chi connectivity index (χ4n) is 4.74. The largest absolute Gasteiger partial charge is 0.496 e. The summed E-state index contributed by atoms with van der Waals surface area (Å²) in [5.41, 5.74) is 1.36. The number of ketones is 1. The van der Waals surface area contributed by atoms with Gasteiger partial charge < -0.3 is 19.8 Å². The van der Waals surface area contributed by atoms with E-state index in [0.717, 1.165) is 18.2 Å². The summed E-state index contributed by atoms with van der Waals surface area (Å²) in [5.74, 6) is 0.524. The van der Waals surface area contributed by atoms with Gasteiger partial charge in [0, 0.05) is 42.7 Å². The molecule has 1 amide bonds. The summed E-state index contributed by atoms with van der Waals surface area (Å²) in [4.78, 5) is 31.9. The number of fused-ring (bicyclic) bond motifs is 1. The second kappa shape index (κ2) is 10.4. The van der Waals surface area contributed by atoms with Gasteiger partial charge in [0.1, 0.15) is 18.0 Å². The van der Waals surface area contributed by atoms with Crippen molar-refractivity contribution in [2.24, 2.45) is 5.92 Å². The molecule has 3 heterocycles. The maximum absolute atomic E-state index is 12.9. The quantitative estimate of drug-likeness (QED) is 0.462. The Morgan fingerprint density at radius 2 is 1.94 bits per heavy atom. The van der Waals surface area contributed by atoms with E-state index in [1.54, 1.807) is 49.2 Å². The maximum Gasteiger partial charge on any atom is 0.244 e. The van der Waals surface area contributed by atoms with Gasteiger partial charge in [0.25, 0.3) is 0 Å². The third-order valence-electron chi connectivity index (χ3n) is 6.93. The fraction of sp³-hybridized carbons (Fsp3) is 0.481. The lowest BCUT2D eigenvalue weighted by molar-refractivity contribution is -0.134. The van der Waals surface area contributed by atoms with E-state index in [1.807, 2.05) is 24.8 Å². The van der Waals surface area contributed by atoms with Crippen LogP contribution in [0.1, 0.15) is 61.5 Å². The number of likely N-dealkylation sites (tertiary alicyclic amines) is 1. The van der Waals surface area contributed by atoms with Gasteiger partial charge in [-0.2, -0.15) is 5.10 Å². The van der Waals surface area contributed by atoms with Gasteiger partial charge in [-0.15, -0.1) is 0 Å². The Balaban J connectivity index is 1.48. The lowest BCUT2D eigenvalue weighted by Crippen LogP contribution is -2.45. The van der Waals surface area contributed by atoms with Crippen molar-refractivity contribution in [3.05, 3.63) is 53.5 Å². The molecule has 9 nitrogen and oxygen atoms in total. The third kappa shape index (κ3) is 5.74. The van der Waals surface area contributed by atoms with Gasteiger partial charge in [-0.25, -0.2) is 4.98 Å². The predicted octanol–water partition coefficient (Wildman–Crippen LogP) is 2.93. The van der Waals surface area contributed by atoms with Gasteiger partial charge in [0.2, 0.25) is 5.91 Å². The minimum Gasteiger partial charge on any atom is -0.496 e. The molecule has 0 radical (unpaired) electrons. The molecule has 1 atom stereocenters. The first-order valence-electron chi connectivity index (χ1n) is 12.3. The van der Waals surface area contributed by atoms with Gasteiger partial charge in [-0.05, 0) is 57.7 Å². The van der Waals surface area contributed by atoms with Crippen molar-refractivity contribution in [1.82, 2.24) is 19.7 Å². The fourth-order valence-corrected chi connectivity index (χ4v) is 4.74.